The van der Waals surface area contributed by atoms with Crippen molar-refractivity contribution in [1.29, 1.82) is 0 Å². The van der Waals surface area contributed by atoms with Crippen molar-refractivity contribution in [3.63, 3.8) is 0 Å². The van der Waals surface area contributed by atoms with Gasteiger partial charge < -0.3 is 10.2 Å². The maximum absolute atomic E-state index is 3.66. The Morgan fingerprint density at radius 3 is 2.95 bits per heavy atom. The average molecular weight is 280 g/mol. The van der Waals surface area contributed by atoms with Crippen LogP contribution in [0, 0.1) is 5.92 Å². The van der Waals surface area contributed by atoms with Crippen molar-refractivity contribution in [2.75, 3.05) is 26.2 Å². The molecule has 0 saturated carbocycles. The lowest BCUT2D eigenvalue weighted by Crippen LogP contribution is -2.45. The number of hydrogen-bond acceptors (Lipinski definition) is 3. The lowest BCUT2D eigenvalue weighted by Gasteiger charge is -2.34. The molecular formula is C16H28N2S. The third kappa shape index (κ3) is 5.64. The van der Waals surface area contributed by atoms with Crippen LogP contribution in [0.1, 0.15) is 39.2 Å². The zero-order chi connectivity index (χ0) is 13.7. The molecule has 19 heavy (non-hydrogen) atoms. The highest BCUT2D eigenvalue weighted by Crippen LogP contribution is 2.17. The van der Waals surface area contributed by atoms with Gasteiger partial charge in [-0.3, -0.25) is 0 Å². The SMILES string of the molecule is CC(C)(C)NCC1CCCN(CCc2ccsc2)C1. The highest BCUT2D eigenvalue weighted by atomic mass is 32.1. The lowest BCUT2D eigenvalue weighted by atomic mass is 9.96. The smallest absolute Gasteiger partial charge is 0.00966 e. The molecular weight excluding hydrogens is 252 g/mol. The van der Waals surface area contributed by atoms with Gasteiger partial charge in [0.15, 0.2) is 0 Å². The van der Waals surface area contributed by atoms with Crippen LogP contribution >= 0.6 is 11.3 Å². The van der Waals surface area contributed by atoms with Crippen molar-refractivity contribution in [2.24, 2.45) is 5.92 Å². The first-order chi connectivity index (χ1) is 9.03. The van der Waals surface area contributed by atoms with Crippen LogP contribution in [0.2, 0.25) is 0 Å². The number of nitrogens with zero attached hydrogens (tertiary/aromatic N) is 1. The molecule has 0 bridgehead atoms. The van der Waals surface area contributed by atoms with E-state index in [1.54, 1.807) is 0 Å². The normalized spacial score (nSPS) is 21.7. The largest absolute Gasteiger partial charge is 0.312 e. The monoisotopic (exact) mass is 280 g/mol. The lowest BCUT2D eigenvalue weighted by molar-refractivity contribution is 0.168. The summed E-state index contributed by atoms with van der Waals surface area (Å²) in [6.07, 6.45) is 3.96. The second-order valence-electron chi connectivity index (χ2n) is 6.82. The molecule has 1 N–H and O–H groups in total. The van der Waals surface area contributed by atoms with Crippen LogP contribution in [0.4, 0.5) is 0 Å². The highest BCUT2D eigenvalue weighted by molar-refractivity contribution is 7.07. The maximum atomic E-state index is 3.66. The molecule has 3 heteroatoms. The van der Waals surface area contributed by atoms with Crippen molar-refractivity contribution in [3.05, 3.63) is 22.4 Å². The van der Waals surface area contributed by atoms with E-state index in [2.05, 4.69) is 47.8 Å². The van der Waals surface area contributed by atoms with Gasteiger partial charge in [0.1, 0.15) is 0 Å². The van der Waals surface area contributed by atoms with E-state index in [0.29, 0.717) is 0 Å². The van der Waals surface area contributed by atoms with Crippen molar-refractivity contribution in [1.82, 2.24) is 10.2 Å². The van der Waals surface area contributed by atoms with Crippen molar-refractivity contribution in [3.8, 4) is 0 Å². The molecule has 108 valence electrons. The first kappa shape index (κ1) is 15.0. The number of rotatable bonds is 5. The minimum atomic E-state index is 0.249. The zero-order valence-electron chi connectivity index (χ0n) is 12.6. The Hall–Kier alpha value is -0.380. The predicted molar refractivity (Wildman–Crippen MR) is 84.9 cm³/mol. The molecule has 1 fully saturated rings. The Morgan fingerprint density at radius 1 is 1.42 bits per heavy atom. The van der Waals surface area contributed by atoms with E-state index in [1.165, 1.54) is 51.0 Å². The van der Waals surface area contributed by atoms with Gasteiger partial charge in [0, 0.05) is 18.6 Å². The van der Waals surface area contributed by atoms with Crippen LogP contribution in [0.25, 0.3) is 0 Å². The Morgan fingerprint density at radius 2 is 2.26 bits per heavy atom. The van der Waals surface area contributed by atoms with Gasteiger partial charge in [-0.1, -0.05) is 0 Å². The van der Waals surface area contributed by atoms with E-state index in [0.717, 1.165) is 5.92 Å². The third-order valence-electron chi connectivity index (χ3n) is 3.82. The Bertz CT molecular complexity index is 353. The number of piperidine rings is 1. The fourth-order valence-corrected chi connectivity index (χ4v) is 3.40. The molecule has 1 aromatic rings. The van der Waals surface area contributed by atoms with E-state index in [-0.39, 0.29) is 5.54 Å². The Kier molecular flexibility index (Phi) is 5.43. The Labute approximate surface area is 122 Å². The number of likely N-dealkylation sites (tertiary alicyclic amines) is 1. The summed E-state index contributed by atoms with van der Waals surface area (Å²) in [6, 6.07) is 2.26. The average Bonchev–Trinajstić information content (AvgIpc) is 2.87. The second-order valence-corrected chi connectivity index (χ2v) is 7.60. The minimum Gasteiger partial charge on any atom is -0.312 e. The van der Waals surface area contributed by atoms with Gasteiger partial charge in [0.2, 0.25) is 0 Å². The van der Waals surface area contributed by atoms with Gasteiger partial charge in [-0.15, -0.1) is 0 Å². The van der Waals surface area contributed by atoms with Crippen LogP contribution in [-0.2, 0) is 6.42 Å². The molecule has 0 amide bonds. The third-order valence-corrected chi connectivity index (χ3v) is 4.55. The number of thiophene rings is 1. The van der Waals surface area contributed by atoms with Crippen LogP contribution < -0.4 is 5.32 Å². The van der Waals surface area contributed by atoms with Gasteiger partial charge >= 0.3 is 0 Å². The molecule has 1 saturated heterocycles. The zero-order valence-corrected chi connectivity index (χ0v) is 13.4. The highest BCUT2D eigenvalue weighted by Gasteiger charge is 2.21. The van der Waals surface area contributed by atoms with Crippen molar-refractivity contribution < 1.29 is 0 Å². The van der Waals surface area contributed by atoms with Crippen LogP contribution in [0.3, 0.4) is 0 Å². The van der Waals surface area contributed by atoms with Crippen LogP contribution in [0.15, 0.2) is 16.8 Å². The summed E-state index contributed by atoms with van der Waals surface area (Å²) in [5, 5.41) is 8.12. The van der Waals surface area contributed by atoms with E-state index < -0.39 is 0 Å². The van der Waals surface area contributed by atoms with Crippen LogP contribution in [-0.4, -0.2) is 36.6 Å². The van der Waals surface area contributed by atoms with Gasteiger partial charge in [-0.05, 0) is 81.4 Å². The summed E-state index contributed by atoms with van der Waals surface area (Å²) in [5.41, 5.74) is 1.75. The Balaban J connectivity index is 1.71. The standard InChI is InChI=1S/C16H28N2S/c1-16(2,3)17-11-15-5-4-8-18(12-15)9-6-14-7-10-19-13-14/h7,10,13,15,17H,4-6,8-9,11-12H2,1-3H3. The minimum absolute atomic E-state index is 0.249. The molecule has 2 nitrogen and oxygen atoms in total. The summed E-state index contributed by atoms with van der Waals surface area (Å²) in [4.78, 5) is 2.65. The van der Waals surface area contributed by atoms with Gasteiger partial charge in [-0.2, -0.15) is 11.3 Å². The van der Waals surface area contributed by atoms with Crippen LogP contribution in [0.5, 0.6) is 0 Å². The molecule has 1 aromatic heterocycles. The van der Waals surface area contributed by atoms with E-state index in [1.807, 2.05) is 11.3 Å². The van der Waals surface area contributed by atoms with Crippen molar-refractivity contribution >= 4 is 11.3 Å². The topological polar surface area (TPSA) is 15.3 Å². The summed E-state index contributed by atoms with van der Waals surface area (Å²) in [5.74, 6) is 0.829. The second kappa shape index (κ2) is 6.87. The molecule has 0 spiro atoms. The van der Waals surface area contributed by atoms with Gasteiger partial charge in [0.05, 0.1) is 0 Å². The summed E-state index contributed by atoms with van der Waals surface area (Å²) < 4.78 is 0. The molecule has 1 aliphatic rings. The molecule has 1 unspecified atom stereocenters. The van der Waals surface area contributed by atoms with Gasteiger partial charge in [-0.25, -0.2) is 0 Å². The number of nitrogens with one attached hydrogen (secondary N) is 1. The molecule has 2 rings (SSSR count). The number of hydrogen-bond donors (Lipinski definition) is 1. The summed E-state index contributed by atoms with van der Waals surface area (Å²) >= 11 is 1.81. The van der Waals surface area contributed by atoms with E-state index >= 15 is 0 Å². The van der Waals surface area contributed by atoms with Gasteiger partial charge in [0.25, 0.3) is 0 Å². The first-order valence-corrected chi connectivity index (χ1v) is 8.46. The van der Waals surface area contributed by atoms with Crippen molar-refractivity contribution in [2.45, 2.75) is 45.6 Å². The molecule has 2 heterocycles. The molecule has 1 aliphatic heterocycles. The fraction of sp³-hybridized carbons (Fsp3) is 0.750. The molecule has 0 aliphatic carbocycles. The molecule has 0 radical (unpaired) electrons. The van der Waals surface area contributed by atoms with E-state index in [4.69, 9.17) is 0 Å². The maximum Gasteiger partial charge on any atom is 0.00966 e. The first-order valence-electron chi connectivity index (χ1n) is 7.51. The van der Waals surface area contributed by atoms with E-state index in [9.17, 15) is 0 Å². The molecule has 0 aromatic carbocycles. The molecule has 1 atom stereocenters. The summed E-state index contributed by atoms with van der Waals surface area (Å²) in [6.45, 7) is 11.7. The quantitative estimate of drug-likeness (QED) is 0.889. The summed E-state index contributed by atoms with van der Waals surface area (Å²) in [7, 11) is 0. The predicted octanol–water partition coefficient (Wildman–Crippen LogP) is 3.39. The fourth-order valence-electron chi connectivity index (χ4n) is 2.69.